The van der Waals surface area contributed by atoms with Gasteiger partial charge in [-0.15, -0.1) is 0 Å². The van der Waals surface area contributed by atoms with Gasteiger partial charge in [-0.05, 0) is 30.5 Å². The molecule has 17 heavy (non-hydrogen) atoms. The van der Waals surface area contributed by atoms with Gasteiger partial charge in [0.05, 0.1) is 5.60 Å². The Balaban J connectivity index is 3.13. The molecule has 0 spiro atoms. The SMILES string of the molecule is CCC(CC)(OC)C(O)c1cc(F)cc(F)c1. The first-order valence-corrected chi connectivity index (χ1v) is 5.68. The van der Waals surface area contributed by atoms with Crippen LogP contribution in [0.4, 0.5) is 8.78 Å². The van der Waals surface area contributed by atoms with Crippen molar-refractivity contribution in [3.63, 3.8) is 0 Å². The zero-order chi connectivity index (χ0) is 13.1. The van der Waals surface area contributed by atoms with Crippen LogP contribution in [0.5, 0.6) is 0 Å². The van der Waals surface area contributed by atoms with Gasteiger partial charge in [-0.2, -0.15) is 0 Å². The molecule has 0 bridgehead atoms. The molecule has 96 valence electrons. The van der Waals surface area contributed by atoms with E-state index < -0.39 is 23.3 Å². The average Bonchev–Trinajstić information content (AvgIpc) is 2.30. The Morgan fingerprint density at radius 1 is 1.18 bits per heavy atom. The fourth-order valence-electron chi connectivity index (χ4n) is 2.07. The smallest absolute Gasteiger partial charge is 0.126 e. The predicted octanol–water partition coefficient (Wildman–Crippen LogP) is 3.20. The summed E-state index contributed by atoms with van der Waals surface area (Å²) < 4.78 is 31.5. The van der Waals surface area contributed by atoms with Crippen molar-refractivity contribution in [1.82, 2.24) is 0 Å². The maximum absolute atomic E-state index is 13.1. The summed E-state index contributed by atoms with van der Waals surface area (Å²) in [4.78, 5) is 0. The number of aliphatic hydroxyl groups is 1. The lowest BCUT2D eigenvalue weighted by atomic mass is 9.86. The quantitative estimate of drug-likeness (QED) is 0.861. The van der Waals surface area contributed by atoms with Crippen LogP contribution < -0.4 is 0 Å². The topological polar surface area (TPSA) is 29.5 Å². The fraction of sp³-hybridized carbons (Fsp3) is 0.538. The number of rotatable bonds is 5. The van der Waals surface area contributed by atoms with Crippen molar-refractivity contribution in [2.45, 2.75) is 38.4 Å². The molecular formula is C13H18F2O2. The van der Waals surface area contributed by atoms with E-state index in [1.807, 2.05) is 13.8 Å². The third-order valence-electron chi connectivity index (χ3n) is 3.30. The summed E-state index contributed by atoms with van der Waals surface area (Å²) in [6.07, 6.45) is 0.0613. The average molecular weight is 244 g/mol. The minimum Gasteiger partial charge on any atom is -0.385 e. The first kappa shape index (κ1) is 14.1. The van der Waals surface area contributed by atoms with E-state index >= 15 is 0 Å². The lowest BCUT2D eigenvalue weighted by Crippen LogP contribution is -2.37. The van der Waals surface area contributed by atoms with Crippen LogP contribution in [0.15, 0.2) is 18.2 Å². The lowest BCUT2D eigenvalue weighted by molar-refractivity contribution is -0.110. The second-order valence-electron chi connectivity index (χ2n) is 4.08. The maximum Gasteiger partial charge on any atom is 0.126 e. The number of halogens is 2. The number of hydrogen-bond acceptors (Lipinski definition) is 2. The molecule has 1 N–H and O–H groups in total. The van der Waals surface area contributed by atoms with Crippen molar-refractivity contribution >= 4 is 0 Å². The van der Waals surface area contributed by atoms with Crippen LogP contribution >= 0.6 is 0 Å². The van der Waals surface area contributed by atoms with Crippen molar-refractivity contribution in [2.24, 2.45) is 0 Å². The van der Waals surface area contributed by atoms with E-state index in [0.29, 0.717) is 12.8 Å². The van der Waals surface area contributed by atoms with Gasteiger partial charge in [-0.3, -0.25) is 0 Å². The molecule has 1 atom stereocenters. The molecule has 0 fully saturated rings. The summed E-state index contributed by atoms with van der Waals surface area (Å²) >= 11 is 0. The van der Waals surface area contributed by atoms with E-state index in [1.54, 1.807) is 0 Å². The van der Waals surface area contributed by atoms with Gasteiger partial charge >= 0.3 is 0 Å². The molecule has 2 nitrogen and oxygen atoms in total. The normalized spacial score (nSPS) is 13.8. The molecule has 0 aliphatic rings. The highest BCUT2D eigenvalue weighted by atomic mass is 19.1. The molecule has 0 saturated carbocycles. The second kappa shape index (κ2) is 5.56. The van der Waals surface area contributed by atoms with Crippen LogP contribution in [-0.4, -0.2) is 17.8 Å². The first-order valence-electron chi connectivity index (χ1n) is 5.68. The van der Waals surface area contributed by atoms with Crippen molar-refractivity contribution in [3.05, 3.63) is 35.4 Å². The molecule has 0 aromatic heterocycles. The van der Waals surface area contributed by atoms with E-state index in [-0.39, 0.29) is 5.56 Å². The molecule has 1 rings (SSSR count). The molecular weight excluding hydrogens is 226 g/mol. The second-order valence-corrected chi connectivity index (χ2v) is 4.08. The van der Waals surface area contributed by atoms with Gasteiger partial charge in [0.1, 0.15) is 17.7 Å². The minimum absolute atomic E-state index is 0.202. The van der Waals surface area contributed by atoms with Crippen LogP contribution in [0.2, 0.25) is 0 Å². The Labute approximate surface area is 100 Å². The van der Waals surface area contributed by atoms with E-state index in [1.165, 1.54) is 7.11 Å². The fourth-order valence-corrected chi connectivity index (χ4v) is 2.07. The van der Waals surface area contributed by atoms with Crippen LogP contribution in [0.3, 0.4) is 0 Å². The first-order chi connectivity index (χ1) is 7.99. The lowest BCUT2D eigenvalue weighted by Gasteiger charge is -2.35. The number of methoxy groups -OCH3 is 1. The molecule has 4 heteroatoms. The molecule has 1 aromatic carbocycles. The van der Waals surface area contributed by atoms with Gasteiger partial charge in [0, 0.05) is 13.2 Å². The summed E-state index contributed by atoms with van der Waals surface area (Å²) in [5.41, 5.74) is -0.603. The van der Waals surface area contributed by atoms with Crippen molar-refractivity contribution in [1.29, 1.82) is 0 Å². The third kappa shape index (κ3) is 2.82. The molecule has 1 aromatic rings. The van der Waals surface area contributed by atoms with Crippen molar-refractivity contribution in [2.75, 3.05) is 7.11 Å². The molecule has 0 aliphatic carbocycles. The van der Waals surface area contributed by atoms with Gasteiger partial charge < -0.3 is 9.84 Å². The molecule has 0 radical (unpaired) electrons. The Kier molecular flexibility index (Phi) is 4.60. The summed E-state index contributed by atoms with van der Waals surface area (Å²) in [7, 11) is 1.49. The van der Waals surface area contributed by atoms with Crippen molar-refractivity contribution < 1.29 is 18.6 Å². The summed E-state index contributed by atoms with van der Waals surface area (Å²) in [5, 5.41) is 10.2. The van der Waals surface area contributed by atoms with Crippen LogP contribution in [-0.2, 0) is 4.74 Å². The maximum atomic E-state index is 13.1. The number of hydrogen-bond donors (Lipinski definition) is 1. The van der Waals surface area contributed by atoms with Gasteiger partial charge in [0.15, 0.2) is 0 Å². The van der Waals surface area contributed by atoms with Gasteiger partial charge in [0.2, 0.25) is 0 Å². The van der Waals surface area contributed by atoms with Crippen molar-refractivity contribution in [3.8, 4) is 0 Å². The number of aliphatic hydroxyl groups excluding tert-OH is 1. The Morgan fingerprint density at radius 2 is 1.65 bits per heavy atom. The monoisotopic (exact) mass is 244 g/mol. The summed E-state index contributed by atoms with van der Waals surface area (Å²) in [5.74, 6) is -1.40. The predicted molar refractivity (Wildman–Crippen MR) is 61.6 cm³/mol. The number of ether oxygens (including phenoxy) is 1. The zero-order valence-electron chi connectivity index (χ0n) is 10.3. The third-order valence-corrected chi connectivity index (χ3v) is 3.30. The van der Waals surface area contributed by atoms with Gasteiger partial charge in [-0.25, -0.2) is 8.78 Å². The largest absolute Gasteiger partial charge is 0.385 e. The molecule has 1 unspecified atom stereocenters. The standard InChI is InChI=1S/C13H18F2O2/c1-4-13(5-2,17-3)12(16)9-6-10(14)8-11(15)7-9/h6-8,12,16H,4-5H2,1-3H3. The highest BCUT2D eigenvalue weighted by molar-refractivity contribution is 5.22. The van der Waals surface area contributed by atoms with Gasteiger partial charge in [0.25, 0.3) is 0 Å². The zero-order valence-corrected chi connectivity index (χ0v) is 10.3. The van der Waals surface area contributed by atoms with Gasteiger partial charge in [-0.1, -0.05) is 13.8 Å². The van der Waals surface area contributed by atoms with E-state index in [9.17, 15) is 13.9 Å². The van der Waals surface area contributed by atoms with E-state index in [0.717, 1.165) is 18.2 Å². The number of benzene rings is 1. The van der Waals surface area contributed by atoms with Crippen LogP contribution in [0, 0.1) is 11.6 Å². The Hall–Kier alpha value is -1.00. The van der Waals surface area contributed by atoms with Crippen LogP contribution in [0.1, 0.15) is 38.4 Å². The highest BCUT2D eigenvalue weighted by Gasteiger charge is 2.36. The molecule has 0 saturated heterocycles. The summed E-state index contributed by atoms with van der Waals surface area (Å²) in [6.45, 7) is 3.73. The molecule has 0 amide bonds. The Morgan fingerprint density at radius 3 is 2.00 bits per heavy atom. The Bertz CT molecular complexity index is 347. The minimum atomic E-state index is -1.05. The summed E-state index contributed by atoms with van der Waals surface area (Å²) in [6, 6.07) is 3.04. The highest BCUT2D eigenvalue weighted by Crippen LogP contribution is 2.35. The van der Waals surface area contributed by atoms with Crippen LogP contribution in [0.25, 0.3) is 0 Å². The molecule has 0 heterocycles. The van der Waals surface area contributed by atoms with E-state index in [2.05, 4.69) is 0 Å². The van der Waals surface area contributed by atoms with E-state index in [4.69, 9.17) is 4.74 Å². The molecule has 0 aliphatic heterocycles.